The van der Waals surface area contributed by atoms with Crippen LogP contribution in [0.15, 0.2) is 24.3 Å². The summed E-state index contributed by atoms with van der Waals surface area (Å²) < 4.78 is 0. The van der Waals surface area contributed by atoms with Gasteiger partial charge in [-0.15, -0.1) is 0 Å². The van der Waals surface area contributed by atoms with Gasteiger partial charge in [0.1, 0.15) is 0 Å². The zero-order valence-corrected chi connectivity index (χ0v) is 11.6. The molecule has 0 atom stereocenters. The highest BCUT2D eigenvalue weighted by Crippen LogP contribution is 2.32. The maximum absolute atomic E-state index is 4.89. The number of hydrogen-bond acceptors (Lipinski definition) is 1. The van der Waals surface area contributed by atoms with E-state index in [-0.39, 0.29) is 5.41 Å². The molecule has 0 saturated carbocycles. The third kappa shape index (κ3) is 1.92. The Morgan fingerprint density at radius 3 is 2.61 bits per heavy atom. The number of benzene rings is 1. The highest BCUT2D eigenvalue weighted by atomic mass is 14.7. The highest BCUT2D eigenvalue weighted by molar-refractivity contribution is 5.84. The Kier molecular flexibility index (Phi) is 2.65. The van der Waals surface area contributed by atoms with E-state index >= 15 is 0 Å². The van der Waals surface area contributed by atoms with Gasteiger partial charge in [-0.3, -0.25) is 4.98 Å². The van der Waals surface area contributed by atoms with Crippen molar-refractivity contribution in [2.75, 3.05) is 0 Å². The van der Waals surface area contributed by atoms with Crippen LogP contribution in [0.4, 0.5) is 0 Å². The Bertz CT molecular complexity index is 590. The van der Waals surface area contributed by atoms with Gasteiger partial charge in [0.2, 0.25) is 0 Å². The molecule has 1 heterocycles. The third-order valence-electron chi connectivity index (χ3n) is 3.95. The Labute approximate surface area is 109 Å². The summed E-state index contributed by atoms with van der Waals surface area (Å²) in [5.74, 6) is 0. The van der Waals surface area contributed by atoms with Crippen molar-refractivity contribution in [3.05, 3.63) is 41.1 Å². The SMILES string of the molecule is CC(C)(C)c1cccc2nc3c(cc12)CCCC3. The van der Waals surface area contributed by atoms with Crippen molar-refractivity contribution in [2.24, 2.45) is 0 Å². The molecule has 0 unspecified atom stereocenters. The molecule has 0 N–H and O–H groups in total. The maximum atomic E-state index is 4.89. The first-order valence-electron chi connectivity index (χ1n) is 6.98. The summed E-state index contributed by atoms with van der Waals surface area (Å²) in [7, 11) is 0. The molecule has 18 heavy (non-hydrogen) atoms. The van der Waals surface area contributed by atoms with E-state index < -0.39 is 0 Å². The topological polar surface area (TPSA) is 12.9 Å². The van der Waals surface area contributed by atoms with Crippen molar-refractivity contribution in [2.45, 2.75) is 51.9 Å². The van der Waals surface area contributed by atoms with Crippen LogP contribution in [0, 0.1) is 0 Å². The molecule has 0 radical (unpaired) electrons. The summed E-state index contributed by atoms with van der Waals surface area (Å²) in [5, 5.41) is 1.35. The fourth-order valence-electron chi connectivity index (χ4n) is 2.97. The van der Waals surface area contributed by atoms with Crippen molar-refractivity contribution in [3.63, 3.8) is 0 Å². The molecule has 1 aromatic carbocycles. The van der Waals surface area contributed by atoms with Crippen LogP contribution in [0.3, 0.4) is 0 Å². The number of hydrogen-bond donors (Lipinski definition) is 0. The number of nitrogens with zero attached hydrogens (tertiary/aromatic N) is 1. The standard InChI is InChI=1S/C17H21N/c1-17(2,3)14-8-6-10-16-13(14)11-12-7-4-5-9-15(12)18-16/h6,8,10-11H,4-5,7,9H2,1-3H3. The van der Waals surface area contributed by atoms with Gasteiger partial charge < -0.3 is 0 Å². The second-order valence-electron chi connectivity index (χ2n) is 6.42. The van der Waals surface area contributed by atoms with Crippen LogP contribution in [-0.4, -0.2) is 4.98 Å². The first-order valence-corrected chi connectivity index (χ1v) is 6.98. The van der Waals surface area contributed by atoms with E-state index in [1.807, 2.05) is 0 Å². The maximum Gasteiger partial charge on any atom is 0.0708 e. The van der Waals surface area contributed by atoms with E-state index in [4.69, 9.17) is 4.98 Å². The number of pyridine rings is 1. The Balaban J connectivity index is 2.28. The second-order valence-corrected chi connectivity index (χ2v) is 6.42. The minimum absolute atomic E-state index is 0.185. The largest absolute Gasteiger partial charge is 0.253 e. The lowest BCUT2D eigenvalue weighted by Gasteiger charge is -2.23. The predicted molar refractivity (Wildman–Crippen MR) is 77.1 cm³/mol. The molecule has 1 nitrogen and oxygen atoms in total. The molecule has 1 aliphatic rings. The van der Waals surface area contributed by atoms with E-state index in [1.165, 1.54) is 47.0 Å². The van der Waals surface area contributed by atoms with Crippen molar-refractivity contribution in [3.8, 4) is 0 Å². The minimum atomic E-state index is 0.185. The molecule has 1 aliphatic carbocycles. The smallest absolute Gasteiger partial charge is 0.0708 e. The average Bonchev–Trinajstić information content (AvgIpc) is 2.34. The third-order valence-corrected chi connectivity index (χ3v) is 3.95. The van der Waals surface area contributed by atoms with Crippen LogP contribution in [0.25, 0.3) is 10.9 Å². The van der Waals surface area contributed by atoms with Crippen LogP contribution in [0.2, 0.25) is 0 Å². The molecule has 0 aliphatic heterocycles. The molecule has 0 saturated heterocycles. The fourth-order valence-corrected chi connectivity index (χ4v) is 2.97. The zero-order valence-electron chi connectivity index (χ0n) is 11.6. The van der Waals surface area contributed by atoms with Gasteiger partial charge in [0.25, 0.3) is 0 Å². The van der Waals surface area contributed by atoms with E-state index in [1.54, 1.807) is 0 Å². The normalized spacial score (nSPS) is 15.7. The molecule has 0 amide bonds. The molecule has 94 valence electrons. The monoisotopic (exact) mass is 239 g/mol. The van der Waals surface area contributed by atoms with Crippen LogP contribution < -0.4 is 0 Å². The molecule has 2 aromatic rings. The number of aryl methyl sites for hydroxylation is 2. The molecule has 1 aromatic heterocycles. The summed E-state index contributed by atoms with van der Waals surface area (Å²) in [6.07, 6.45) is 4.98. The van der Waals surface area contributed by atoms with E-state index in [2.05, 4.69) is 45.0 Å². The molecule has 3 rings (SSSR count). The predicted octanol–water partition coefficient (Wildman–Crippen LogP) is 4.41. The lowest BCUT2D eigenvalue weighted by Crippen LogP contribution is -2.13. The van der Waals surface area contributed by atoms with Crippen molar-refractivity contribution in [1.82, 2.24) is 4.98 Å². The highest BCUT2D eigenvalue weighted by Gasteiger charge is 2.19. The van der Waals surface area contributed by atoms with E-state index in [0.29, 0.717) is 0 Å². The molecule has 0 spiro atoms. The van der Waals surface area contributed by atoms with Crippen LogP contribution in [0.5, 0.6) is 0 Å². The van der Waals surface area contributed by atoms with Gasteiger partial charge in [-0.1, -0.05) is 32.9 Å². The van der Waals surface area contributed by atoms with Crippen molar-refractivity contribution in [1.29, 1.82) is 0 Å². The quantitative estimate of drug-likeness (QED) is 0.663. The lowest BCUT2D eigenvalue weighted by molar-refractivity contribution is 0.595. The Hall–Kier alpha value is -1.37. The van der Waals surface area contributed by atoms with Gasteiger partial charge in [-0.25, -0.2) is 0 Å². The summed E-state index contributed by atoms with van der Waals surface area (Å²) in [6, 6.07) is 8.95. The van der Waals surface area contributed by atoms with Gasteiger partial charge in [-0.2, -0.15) is 0 Å². The van der Waals surface area contributed by atoms with Gasteiger partial charge in [0.15, 0.2) is 0 Å². The lowest BCUT2D eigenvalue weighted by atomic mass is 9.83. The summed E-state index contributed by atoms with van der Waals surface area (Å²) in [5.41, 5.74) is 5.58. The summed E-state index contributed by atoms with van der Waals surface area (Å²) in [4.78, 5) is 4.89. The van der Waals surface area contributed by atoms with Gasteiger partial charge in [0, 0.05) is 11.1 Å². The van der Waals surface area contributed by atoms with Gasteiger partial charge in [0.05, 0.1) is 5.52 Å². The summed E-state index contributed by atoms with van der Waals surface area (Å²) >= 11 is 0. The van der Waals surface area contributed by atoms with E-state index in [9.17, 15) is 0 Å². The number of rotatable bonds is 0. The molecular formula is C17H21N. The minimum Gasteiger partial charge on any atom is -0.253 e. The van der Waals surface area contributed by atoms with Crippen LogP contribution in [0.1, 0.15) is 50.4 Å². The Morgan fingerprint density at radius 2 is 1.83 bits per heavy atom. The first-order chi connectivity index (χ1) is 8.55. The fraction of sp³-hybridized carbons (Fsp3) is 0.471. The van der Waals surface area contributed by atoms with Crippen LogP contribution >= 0.6 is 0 Å². The van der Waals surface area contributed by atoms with Crippen LogP contribution in [-0.2, 0) is 18.3 Å². The zero-order chi connectivity index (χ0) is 12.8. The first kappa shape index (κ1) is 11.7. The molecule has 1 heteroatoms. The van der Waals surface area contributed by atoms with Gasteiger partial charge in [-0.05, 0) is 54.4 Å². The van der Waals surface area contributed by atoms with E-state index in [0.717, 1.165) is 6.42 Å². The number of aromatic nitrogens is 1. The average molecular weight is 239 g/mol. The van der Waals surface area contributed by atoms with Crippen molar-refractivity contribution >= 4 is 10.9 Å². The van der Waals surface area contributed by atoms with Crippen molar-refractivity contribution < 1.29 is 0 Å². The Morgan fingerprint density at radius 1 is 1.06 bits per heavy atom. The van der Waals surface area contributed by atoms with Gasteiger partial charge >= 0.3 is 0 Å². The molecular weight excluding hydrogens is 218 g/mol. The second kappa shape index (κ2) is 4.08. The molecule has 0 bridgehead atoms. The molecule has 0 fully saturated rings. The summed E-state index contributed by atoms with van der Waals surface area (Å²) in [6.45, 7) is 6.84. The number of fused-ring (bicyclic) bond motifs is 2.